The van der Waals surface area contributed by atoms with Gasteiger partial charge in [0, 0.05) is 11.0 Å². The van der Waals surface area contributed by atoms with Crippen molar-refractivity contribution < 1.29 is 22.8 Å². The van der Waals surface area contributed by atoms with E-state index in [4.69, 9.17) is 0 Å². The lowest BCUT2D eigenvalue weighted by Gasteiger charge is -2.27. The molecule has 114 valence electrons. The summed E-state index contributed by atoms with van der Waals surface area (Å²) in [5, 5.41) is 2.36. The average Bonchev–Trinajstić information content (AvgIpc) is 2.63. The molecule has 8 heteroatoms. The fourth-order valence-electron chi connectivity index (χ4n) is 2.17. The highest BCUT2D eigenvalue weighted by molar-refractivity contribution is 9.10. The minimum absolute atomic E-state index is 0.166. The number of carbonyl (C=O) groups excluding carboxylic acids is 2. The van der Waals surface area contributed by atoms with Crippen LogP contribution >= 0.6 is 15.9 Å². The van der Waals surface area contributed by atoms with Gasteiger partial charge in [0.2, 0.25) is 0 Å². The topological polar surface area (TPSA) is 49.4 Å². The molecule has 0 fully saturated rings. The summed E-state index contributed by atoms with van der Waals surface area (Å²) in [7, 11) is 0. The summed E-state index contributed by atoms with van der Waals surface area (Å²) in [6, 6.07) is 2.77. The second kappa shape index (κ2) is 5.67. The monoisotopic (exact) mass is 364 g/mol. The molecule has 1 aliphatic heterocycles. The van der Waals surface area contributed by atoms with Crippen LogP contribution in [0.1, 0.15) is 23.7 Å². The van der Waals surface area contributed by atoms with Crippen molar-refractivity contribution in [2.24, 2.45) is 0 Å². The molecule has 1 aromatic rings. The van der Waals surface area contributed by atoms with Crippen LogP contribution in [0.4, 0.5) is 24.5 Å². The van der Waals surface area contributed by atoms with Crippen LogP contribution < -0.4 is 10.2 Å². The van der Waals surface area contributed by atoms with Crippen LogP contribution in [-0.4, -0.2) is 31.0 Å². The van der Waals surface area contributed by atoms with Crippen molar-refractivity contribution in [1.29, 1.82) is 0 Å². The number of amides is 1. The Morgan fingerprint density at radius 3 is 2.52 bits per heavy atom. The quantitative estimate of drug-likeness (QED) is 0.833. The summed E-state index contributed by atoms with van der Waals surface area (Å²) in [5.74, 6) is -1.46. The van der Waals surface area contributed by atoms with Crippen LogP contribution in [0.25, 0.3) is 0 Å². The van der Waals surface area contributed by atoms with Gasteiger partial charge in [-0.15, -0.1) is 0 Å². The highest BCUT2D eigenvalue weighted by Gasteiger charge is 2.33. The molecule has 0 unspecified atom stereocenters. The predicted molar refractivity (Wildman–Crippen MR) is 75.7 cm³/mol. The minimum Gasteiger partial charge on any atom is -0.362 e. The molecule has 0 saturated heterocycles. The van der Waals surface area contributed by atoms with Gasteiger partial charge in [0.25, 0.3) is 11.7 Å². The summed E-state index contributed by atoms with van der Waals surface area (Å²) < 4.78 is 38.3. The number of halogens is 4. The van der Waals surface area contributed by atoms with Gasteiger partial charge >= 0.3 is 6.18 Å². The molecular weight excluding hydrogens is 353 g/mol. The molecule has 1 aliphatic rings. The van der Waals surface area contributed by atoms with E-state index in [1.165, 1.54) is 17.0 Å². The molecule has 0 atom stereocenters. The zero-order valence-corrected chi connectivity index (χ0v) is 12.6. The minimum atomic E-state index is -4.34. The first-order valence-corrected chi connectivity index (χ1v) is 7.03. The van der Waals surface area contributed by atoms with Crippen LogP contribution in [0.15, 0.2) is 16.6 Å². The maximum Gasteiger partial charge on any atom is 0.405 e. The van der Waals surface area contributed by atoms with Gasteiger partial charge in [-0.05, 0) is 34.5 Å². The molecule has 21 heavy (non-hydrogen) atoms. The summed E-state index contributed by atoms with van der Waals surface area (Å²) in [5.41, 5.74) is 0.702. The van der Waals surface area contributed by atoms with E-state index in [9.17, 15) is 22.8 Å². The van der Waals surface area contributed by atoms with Gasteiger partial charge in [0.05, 0.1) is 16.9 Å². The number of rotatable bonds is 4. The van der Waals surface area contributed by atoms with Crippen molar-refractivity contribution in [3.05, 3.63) is 22.2 Å². The third kappa shape index (κ3) is 3.37. The maximum atomic E-state index is 12.7. The van der Waals surface area contributed by atoms with E-state index < -0.39 is 24.4 Å². The van der Waals surface area contributed by atoms with E-state index >= 15 is 0 Å². The molecule has 1 heterocycles. The van der Waals surface area contributed by atoms with Crippen molar-refractivity contribution in [3.8, 4) is 0 Å². The summed E-state index contributed by atoms with van der Waals surface area (Å²) in [6.07, 6.45) is -3.81. The lowest BCUT2D eigenvalue weighted by atomic mass is 10.1. The Kier molecular flexibility index (Phi) is 4.27. The Labute approximate surface area is 127 Å². The standard InChI is InChI=1S/C13H12BrF3N2O2/c1-2-3-19(6-13(15,16)17)10-5-9-7(4-8(10)14)11(20)12(21)18-9/h4-5H,2-3,6H2,1H3,(H,18,20,21). The molecule has 0 aromatic heterocycles. The van der Waals surface area contributed by atoms with Gasteiger partial charge in [0.1, 0.15) is 6.54 Å². The van der Waals surface area contributed by atoms with E-state index in [-0.39, 0.29) is 17.8 Å². The van der Waals surface area contributed by atoms with Gasteiger partial charge in [-0.25, -0.2) is 0 Å². The molecule has 1 aromatic carbocycles. The number of ketones is 1. The van der Waals surface area contributed by atoms with E-state index in [1.54, 1.807) is 6.92 Å². The number of alkyl halides is 3. The maximum absolute atomic E-state index is 12.7. The number of nitrogens with one attached hydrogen (secondary N) is 1. The molecule has 1 N–H and O–H groups in total. The van der Waals surface area contributed by atoms with Gasteiger partial charge in [-0.2, -0.15) is 13.2 Å². The molecule has 4 nitrogen and oxygen atoms in total. The zero-order chi connectivity index (χ0) is 15.8. The van der Waals surface area contributed by atoms with Gasteiger partial charge in [-0.1, -0.05) is 6.92 Å². The molecule has 0 aliphatic carbocycles. The largest absolute Gasteiger partial charge is 0.405 e. The first-order chi connectivity index (χ1) is 9.73. The first kappa shape index (κ1) is 15.8. The van der Waals surface area contributed by atoms with E-state index in [0.29, 0.717) is 16.6 Å². The fourth-order valence-corrected chi connectivity index (χ4v) is 2.76. The Bertz CT molecular complexity index is 602. The lowest BCUT2D eigenvalue weighted by molar-refractivity contribution is -0.119. The van der Waals surface area contributed by atoms with Crippen molar-refractivity contribution in [2.45, 2.75) is 19.5 Å². The second-order valence-corrected chi connectivity index (χ2v) is 5.52. The van der Waals surface area contributed by atoms with E-state index in [1.807, 2.05) is 0 Å². The average molecular weight is 365 g/mol. The number of anilines is 2. The normalized spacial score (nSPS) is 14.1. The Morgan fingerprint density at radius 1 is 1.29 bits per heavy atom. The fraction of sp³-hybridized carbons (Fsp3) is 0.385. The van der Waals surface area contributed by atoms with Crippen molar-refractivity contribution in [2.75, 3.05) is 23.3 Å². The van der Waals surface area contributed by atoms with Crippen LogP contribution in [0, 0.1) is 0 Å². The Balaban J connectivity index is 2.41. The molecule has 0 radical (unpaired) electrons. The van der Waals surface area contributed by atoms with E-state index in [0.717, 1.165) is 0 Å². The van der Waals surface area contributed by atoms with Crippen molar-refractivity contribution in [1.82, 2.24) is 0 Å². The number of hydrogen-bond acceptors (Lipinski definition) is 3. The lowest BCUT2D eigenvalue weighted by Crippen LogP contribution is -2.35. The van der Waals surface area contributed by atoms with Gasteiger partial charge < -0.3 is 10.2 Å². The first-order valence-electron chi connectivity index (χ1n) is 6.24. The zero-order valence-electron chi connectivity index (χ0n) is 11.1. The Morgan fingerprint density at radius 2 is 1.95 bits per heavy atom. The number of nitrogens with zero attached hydrogens (tertiary/aromatic N) is 1. The summed E-state index contributed by atoms with van der Waals surface area (Å²) in [4.78, 5) is 24.0. The third-order valence-electron chi connectivity index (χ3n) is 2.99. The SMILES string of the molecule is CCCN(CC(F)(F)F)c1cc2c(cc1Br)C(=O)C(=O)N2. The highest BCUT2D eigenvalue weighted by Crippen LogP contribution is 2.36. The summed E-state index contributed by atoms with van der Waals surface area (Å²) >= 11 is 3.18. The molecule has 0 saturated carbocycles. The molecule has 0 bridgehead atoms. The third-order valence-corrected chi connectivity index (χ3v) is 3.63. The van der Waals surface area contributed by atoms with E-state index in [2.05, 4.69) is 21.2 Å². The predicted octanol–water partition coefficient (Wildman–Crippen LogP) is 3.36. The molecule has 2 rings (SSSR count). The van der Waals surface area contributed by atoms with Crippen molar-refractivity contribution in [3.63, 3.8) is 0 Å². The van der Waals surface area contributed by atoms with Crippen LogP contribution in [0.2, 0.25) is 0 Å². The highest BCUT2D eigenvalue weighted by atomic mass is 79.9. The summed E-state index contributed by atoms with van der Waals surface area (Å²) in [6.45, 7) is 0.884. The van der Waals surface area contributed by atoms with Crippen LogP contribution in [-0.2, 0) is 4.79 Å². The number of hydrogen-bond donors (Lipinski definition) is 1. The van der Waals surface area contributed by atoms with Crippen LogP contribution in [0.5, 0.6) is 0 Å². The number of benzene rings is 1. The molecule has 0 spiro atoms. The molecule has 1 amide bonds. The smallest absolute Gasteiger partial charge is 0.362 e. The number of fused-ring (bicyclic) bond motifs is 1. The second-order valence-electron chi connectivity index (χ2n) is 4.67. The van der Waals surface area contributed by atoms with Crippen LogP contribution in [0.3, 0.4) is 0 Å². The van der Waals surface area contributed by atoms with Crippen molar-refractivity contribution >= 4 is 39.0 Å². The number of carbonyl (C=O) groups is 2. The van der Waals surface area contributed by atoms with Gasteiger partial charge in [0.15, 0.2) is 0 Å². The molecular formula is C13H12BrF3N2O2. The number of Topliss-reactive ketones (excluding diaryl/α,β-unsaturated/α-hetero) is 1. The van der Waals surface area contributed by atoms with Gasteiger partial charge in [-0.3, -0.25) is 9.59 Å². The Hall–Kier alpha value is -1.57.